The summed E-state index contributed by atoms with van der Waals surface area (Å²) in [5.41, 5.74) is -1.85. The Morgan fingerprint density at radius 2 is 1.10 bits per heavy atom. The number of carbonyl (C=O) groups is 2. The van der Waals surface area contributed by atoms with Crippen molar-refractivity contribution >= 4 is 19.5 Å². The van der Waals surface area contributed by atoms with Gasteiger partial charge in [-0.2, -0.15) is 0 Å². The summed E-state index contributed by atoms with van der Waals surface area (Å²) in [6, 6.07) is 0. The van der Waals surface area contributed by atoms with Gasteiger partial charge in [0.2, 0.25) is 0 Å². The molecule has 0 bridgehead atoms. The predicted octanol–water partition coefficient (Wildman–Crippen LogP) is -2.80. The maximum atomic E-state index is 13.0. The molecule has 0 rings (SSSR count). The molecule has 0 aromatic heterocycles. The van der Waals surface area contributed by atoms with E-state index in [1.54, 1.807) is 0 Å². The molecule has 0 aromatic rings. The van der Waals surface area contributed by atoms with E-state index in [-0.39, 0.29) is 72.3 Å². The number of aliphatic carboxylic acids is 2. The monoisotopic (exact) mass is 466 g/mol. The van der Waals surface area contributed by atoms with Gasteiger partial charge in [0, 0.05) is 12.4 Å². The van der Waals surface area contributed by atoms with Crippen molar-refractivity contribution in [3.63, 3.8) is 0 Å². The molecule has 0 aliphatic heterocycles. The van der Waals surface area contributed by atoms with Gasteiger partial charge in [-0.1, -0.05) is 78.1 Å². The summed E-state index contributed by atoms with van der Waals surface area (Å²) in [7, 11) is -4.15. The Balaban J connectivity index is -0.00000364. The van der Waals surface area contributed by atoms with Gasteiger partial charge in [-0.15, -0.1) is 0 Å². The molecule has 0 amide bonds. The average Bonchev–Trinajstić information content (AvgIpc) is 2.64. The predicted molar refractivity (Wildman–Crippen MR) is 105 cm³/mol. The van der Waals surface area contributed by atoms with E-state index in [9.17, 15) is 24.4 Å². The number of hydrogen-bond acceptors (Lipinski definition) is 7. The van der Waals surface area contributed by atoms with Gasteiger partial charge in [0.1, 0.15) is 5.66 Å². The first-order valence-electron chi connectivity index (χ1n) is 10.7. The number of unbranched alkanes of at least 4 members (excludes halogenated alkanes) is 10. The van der Waals surface area contributed by atoms with E-state index in [1.807, 2.05) is 0 Å². The minimum absolute atomic E-state index is 0. The van der Waals surface area contributed by atoms with Gasteiger partial charge < -0.3 is 28.8 Å². The zero-order valence-corrected chi connectivity index (χ0v) is 24.4. The van der Waals surface area contributed by atoms with E-state index in [1.165, 1.54) is 0 Å². The maximum absolute atomic E-state index is 13.0. The largest absolute Gasteiger partial charge is 1.00 e. The summed E-state index contributed by atoms with van der Waals surface area (Å²) in [4.78, 5) is 22.2. The van der Waals surface area contributed by atoms with E-state index in [2.05, 4.69) is 13.8 Å². The minimum Gasteiger partial charge on any atom is -0.550 e. The van der Waals surface area contributed by atoms with Crippen LogP contribution in [0.5, 0.6) is 0 Å². The Labute approximate surface area is 226 Å². The Morgan fingerprint density at radius 3 is 1.43 bits per heavy atom. The van der Waals surface area contributed by atoms with Crippen LogP contribution in [0.1, 0.15) is 97.3 Å². The minimum atomic E-state index is -4.15. The van der Waals surface area contributed by atoms with Crippen molar-refractivity contribution in [2.45, 2.75) is 103 Å². The van der Waals surface area contributed by atoms with Crippen LogP contribution < -0.4 is 69.3 Å². The fourth-order valence-corrected chi connectivity index (χ4v) is 4.68. The second-order valence-electron chi connectivity index (χ2n) is 7.15. The van der Waals surface area contributed by atoms with E-state index in [0.29, 0.717) is 12.8 Å². The molecule has 1 atom stereocenters. The third-order valence-electron chi connectivity index (χ3n) is 4.55. The second kappa shape index (κ2) is 23.3. The standard InChI is InChI=1S/C20H39O7P.2Na/c1-3-5-7-9-11-13-15-26-28(25,18(20(23)24)17-19(21)22)27-16-14-12-10-8-6-4-2;;/h18H,3-17H2,1-2H3,(H,21,22)(H,23,24);;/q;2*+1/p-2. The zero-order valence-electron chi connectivity index (χ0n) is 19.5. The van der Waals surface area contributed by atoms with Gasteiger partial charge in [-0.3, -0.25) is 4.57 Å². The first-order valence-corrected chi connectivity index (χ1v) is 12.3. The molecule has 0 radical (unpaired) electrons. The summed E-state index contributed by atoms with van der Waals surface area (Å²) < 4.78 is 23.7. The molecule has 7 nitrogen and oxygen atoms in total. The fraction of sp³-hybridized carbons (Fsp3) is 0.900. The van der Waals surface area contributed by atoms with Gasteiger partial charge in [-0.25, -0.2) is 0 Å². The molecule has 0 spiro atoms. The van der Waals surface area contributed by atoms with Crippen molar-refractivity contribution in [1.82, 2.24) is 0 Å². The van der Waals surface area contributed by atoms with Crippen molar-refractivity contribution in [3.05, 3.63) is 0 Å². The van der Waals surface area contributed by atoms with E-state index in [0.717, 1.165) is 64.2 Å². The van der Waals surface area contributed by atoms with Gasteiger partial charge in [0.25, 0.3) is 0 Å². The molecule has 0 aromatic carbocycles. The summed E-state index contributed by atoms with van der Waals surface area (Å²) in [6.45, 7) is 4.38. The Hall–Kier alpha value is 1.09. The van der Waals surface area contributed by atoms with Crippen LogP contribution in [0.15, 0.2) is 0 Å². The molecule has 0 aliphatic carbocycles. The Morgan fingerprint density at radius 1 is 0.733 bits per heavy atom. The number of carbonyl (C=O) groups excluding carboxylic acids is 2. The first kappa shape index (κ1) is 35.7. The average molecular weight is 466 g/mol. The molecule has 0 fully saturated rings. The van der Waals surface area contributed by atoms with Gasteiger partial charge in [0.15, 0.2) is 0 Å². The van der Waals surface area contributed by atoms with Crippen molar-refractivity contribution in [2.24, 2.45) is 0 Å². The number of rotatable bonds is 20. The summed E-state index contributed by atoms with van der Waals surface area (Å²) in [5.74, 6) is -3.38. The van der Waals surface area contributed by atoms with Crippen molar-refractivity contribution < 1.29 is 92.5 Å². The summed E-state index contributed by atoms with van der Waals surface area (Å²) in [5, 5.41) is 22.2. The zero-order chi connectivity index (χ0) is 21.3. The Kier molecular flexibility index (Phi) is 27.7. The number of carboxylic acids is 2. The quantitative estimate of drug-likeness (QED) is 0.108. The van der Waals surface area contributed by atoms with Crippen LogP contribution in [-0.4, -0.2) is 30.8 Å². The third kappa shape index (κ3) is 18.6. The van der Waals surface area contributed by atoms with Crippen LogP contribution >= 0.6 is 7.60 Å². The normalized spacial score (nSPS) is 11.9. The van der Waals surface area contributed by atoms with Crippen LogP contribution in [0.2, 0.25) is 0 Å². The van der Waals surface area contributed by atoms with Crippen molar-refractivity contribution in [3.8, 4) is 0 Å². The SMILES string of the molecule is CCCCCCCCOP(=O)(OCCCCCCCC)C(CC(=O)[O-])C(=O)[O-].[Na+].[Na+]. The van der Waals surface area contributed by atoms with Crippen LogP contribution in [-0.2, 0) is 23.2 Å². The van der Waals surface area contributed by atoms with Gasteiger partial charge in [-0.05, 0) is 12.8 Å². The first-order chi connectivity index (χ1) is 13.4. The molecule has 166 valence electrons. The van der Waals surface area contributed by atoms with E-state index < -0.39 is 31.6 Å². The maximum Gasteiger partial charge on any atom is 1.00 e. The second-order valence-corrected chi connectivity index (χ2v) is 9.37. The number of hydrogen-bond donors (Lipinski definition) is 0. The molecule has 30 heavy (non-hydrogen) atoms. The molecule has 0 saturated carbocycles. The van der Waals surface area contributed by atoms with Crippen LogP contribution in [0.25, 0.3) is 0 Å². The molecule has 1 unspecified atom stereocenters. The summed E-state index contributed by atoms with van der Waals surface area (Å²) in [6.07, 6.45) is 10.8. The van der Waals surface area contributed by atoms with Crippen LogP contribution in [0, 0.1) is 0 Å². The Bertz CT molecular complexity index is 456. The fourth-order valence-electron chi connectivity index (χ4n) is 2.85. The summed E-state index contributed by atoms with van der Waals surface area (Å²) >= 11 is 0. The topological polar surface area (TPSA) is 116 Å². The van der Waals surface area contributed by atoms with Crippen LogP contribution in [0.4, 0.5) is 0 Å². The van der Waals surface area contributed by atoms with Crippen LogP contribution in [0.3, 0.4) is 0 Å². The molecular weight excluding hydrogens is 429 g/mol. The third-order valence-corrected chi connectivity index (χ3v) is 6.79. The molecule has 0 N–H and O–H groups in total. The van der Waals surface area contributed by atoms with Crippen molar-refractivity contribution in [1.29, 1.82) is 0 Å². The van der Waals surface area contributed by atoms with Gasteiger partial charge >= 0.3 is 66.7 Å². The van der Waals surface area contributed by atoms with Crippen molar-refractivity contribution in [2.75, 3.05) is 13.2 Å². The van der Waals surface area contributed by atoms with E-state index in [4.69, 9.17) is 9.05 Å². The molecule has 0 aliphatic rings. The molecule has 0 saturated heterocycles. The van der Waals surface area contributed by atoms with E-state index >= 15 is 0 Å². The molecule has 0 heterocycles. The molecule has 10 heteroatoms. The van der Waals surface area contributed by atoms with Gasteiger partial charge in [0.05, 0.1) is 19.2 Å². The molecular formula is C20H37Na2O7P. The smallest absolute Gasteiger partial charge is 0.550 e. The number of carboxylic acid groups (broad SMARTS) is 2.